The monoisotopic (exact) mass is 408 g/mol. The molecule has 158 valence electrons. The van der Waals surface area contributed by atoms with Crippen molar-refractivity contribution in [2.45, 2.75) is 20.3 Å². The Morgan fingerprint density at radius 2 is 1.83 bits per heavy atom. The van der Waals surface area contributed by atoms with Crippen LogP contribution in [0.1, 0.15) is 17.5 Å². The number of nitrogens with zero attached hydrogens (tertiary/aromatic N) is 5. The molecule has 1 aromatic heterocycles. The Morgan fingerprint density at radius 1 is 1.07 bits per heavy atom. The van der Waals surface area contributed by atoms with E-state index in [9.17, 15) is 9.59 Å². The molecule has 0 bridgehead atoms. The van der Waals surface area contributed by atoms with Crippen molar-refractivity contribution in [3.05, 3.63) is 41.7 Å². The van der Waals surface area contributed by atoms with E-state index < -0.39 is 5.92 Å². The highest BCUT2D eigenvalue weighted by Crippen LogP contribution is 2.27. The molecule has 2 aliphatic heterocycles. The first kappa shape index (κ1) is 20.3. The van der Waals surface area contributed by atoms with E-state index in [0.717, 1.165) is 43.2 Å². The van der Waals surface area contributed by atoms with E-state index in [1.165, 1.54) is 11.9 Å². The van der Waals surface area contributed by atoms with Gasteiger partial charge >= 0.3 is 0 Å². The second-order valence-electron chi connectivity index (χ2n) is 8.21. The maximum atomic E-state index is 12.8. The third kappa shape index (κ3) is 4.28. The molecule has 1 aromatic carbocycles. The number of likely N-dealkylation sites (N-methyl/N-ethyl adjacent to an activating group) is 1. The Hall–Kier alpha value is -3.00. The predicted molar refractivity (Wildman–Crippen MR) is 117 cm³/mol. The lowest BCUT2D eigenvalue weighted by molar-refractivity contribution is -0.122. The van der Waals surface area contributed by atoms with Crippen LogP contribution >= 0.6 is 0 Å². The molecule has 0 saturated carbocycles. The highest BCUT2D eigenvalue weighted by Gasteiger charge is 2.35. The summed E-state index contributed by atoms with van der Waals surface area (Å²) >= 11 is 0. The highest BCUT2D eigenvalue weighted by molar-refractivity contribution is 6.03. The number of rotatable bonds is 4. The van der Waals surface area contributed by atoms with Crippen LogP contribution in [0.25, 0.3) is 0 Å². The Bertz CT molecular complexity index is 954. The minimum atomic E-state index is -0.402. The van der Waals surface area contributed by atoms with Gasteiger partial charge in [0.2, 0.25) is 11.8 Å². The summed E-state index contributed by atoms with van der Waals surface area (Å²) in [6, 6.07) is 7.75. The van der Waals surface area contributed by atoms with Crippen molar-refractivity contribution in [3.63, 3.8) is 0 Å². The summed E-state index contributed by atoms with van der Waals surface area (Å²) in [5.74, 6) is 0.673. The molecule has 1 N–H and O–H groups in total. The summed E-state index contributed by atoms with van der Waals surface area (Å²) in [6.07, 6.45) is 1.68. The maximum Gasteiger partial charge on any atom is 0.230 e. The van der Waals surface area contributed by atoms with Gasteiger partial charge in [-0.25, -0.2) is 9.97 Å². The number of benzene rings is 1. The smallest absolute Gasteiger partial charge is 0.230 e. The number of anilines is 3. The van der Waals surface area contributed by atoms with Gasteiger partial charge in [0, 0.05) is 50.9 Å². The fraction of sp³-hybridized carbons (Fsp3) is 0.455. The molecule has 30 heavy (non-hydrogen) atoms. The van der Waals surface area contributed by atoms with Crippen LogP contribution in [0.15, 0.2) is 30.6 Å². The molecule has 0 aliphatic carbocycles. The molecule has 4 rings (SSSR count). The number of aryl methyl sites for hydroxylation is 2. The highest BCUT2D eigenvalue weighted by atomic mass is 16.2. The number of carbonyl (C=O) groups is 2. The second kappa shape index (κ2) is 8.39. The van der Waals surface area contributed by atoms with Gasteiger partial charge in [0.15, 0.2) is 0 Å². The zero-order valence-corrected chi connectivity index (χ0v) is 17.8. The number of carbonyl (C=O) groups excluding carboxylic acids is 2. The van der Waals surface area contributed by atoms with Gasteiger partial charge in [-0.1, -0.05) is 6.07 Å². The zero-order valence-electron chi connectivity index (χ0n) is 17.8. The van der Waals surface area contributed by atoms with Crippen LogP contribution in [0.2, 0.25) is 0 Å². The first-order valence-electron chi connectivity index (χ1n) is 10.3. The molecule has 8 heteroatoms. The van der Waals surface area contributed by atoms with Gasteiger partial charge in [0.1, 0.15) is 18.0 Å². The minimum absolute atomic E-state index is 0.0285. The lowest BCUT2D eigenvalue weighted by Crippen LogP contribution is -2.44. The predicted octanol–water partition coefficient (Wildman–Crippen LogP) is 1.84. The quantitative estimate of drug-likeness (QED) is 0.831. The van der Waals surface area contributed by atoms with Gasteiger partial charge in [-0.15, -0.1) is 0 Å². The summed E-state index contributed by atoms with van der Waals surface area (Å²) in [5.41, 5.74) is 3.16. The summed E-state index contributed by atoms with van der Waals surface area (Å²) in [6.45, 7) is 8.18. The van der Waals surface area contributed by atoms with Crippen molar-refractivity contribution in [1.29, 1.82) is 0 Å². The molecule has 1 unspecified atom stereocenters. The van der Waals surface area contributed by atoms with E-state index in [1.54, 1.807) is 11.0 Å². The fourth-order valence-electron chi connectivity index (χ4n) is 3.88. The molecule has 2 fully saturated rings. The molecule has 0 spiro atoms. The van der Waals surface area contributed by atoms with Crippen molar-refractivity contribution < 1.29 is 9.59 Å². The Labute approximate surface area is 176 Å². The topological polar surface area (TPSA) is 81.7 Å². The van der Waals surface area contributed by atoms with Crippen LogP contribution in [0, 0.1) is 19.8 Å². The summed E-state index contributed by atoms with van der Waals surface area (Å²) < 4.78 is 0. The number of hydrogen-bond acceptors (Lipinski definition) is 6. The van der Waals surface area contributed by atoms with Crippen molar-refractivity contribution in [1.82, 2.24) is 14.9 Å². The molecular formula is C22H28N6O2. The van der Waals surface area contributed by atoms with Gasteiger partial charge in [0.05, 0.1) is 5.92 Å². The number of amides is 2. The van der Waals surface area contributed by atoms with Gasteiger partial charge in [-0.3, -0.25) is 9.59 Å². The summed E-state index contributed by atoms with van der Waals surface area (Å²) in [5, 5.41) is 2.88. The first-order valence-corrected chi connectivity index (χ1v) is 10.3. The second-order valence-corrected chi connectivity index (χ2v) is 8.21. The molecule has 2 aliphatic rings. The van der Waals surface area contributed by atoms with E-state index >= 15 is 0 Å². The van der Waals surface area contributed by atoms with Crippen LogP contribution < -0.4 is 15.1 Å². The molecule has 2 saturated heterocycles. The molecule has 1 atom stereocenters. The van der Waals surface area contributed by atoms with Crippen LogP contribution in [0.5, 0.6) is 0 Å². The van der Waals surface area contributed by atoms with Gasteiger partial charge in [0.25, 0.3) is 0 Å². The molecule has 8 nitrogen and oxygen atoms in total. The van der Waals surface area contributed by atoms with Crippen molar-refractivity contribution in [2.75, 3.05) is 54.9 Å². The average molecular weight is 409 g/mol. The SMILES string of the molecule is Cc1ccc(N2CC(C(=O)Nc3cc(N4CCN(C)CC4)ncn3)CC2=O)cc1C. The lowest BCUT2D eigenvalue weighted by atomic mass is 10.1. The molecule has 2 amide bonds. The zero-order chi connectivity index (χ0) is 21.3. The van der Waals surface area contributed by atoms with Crippen molar-refractivity contribution >= 4 is 29.1 Å². The Kier molecular flexibility index (Phi) is 5.67. The van der Waals surface area contributed by atoms with Crippen LogP contribution in [-0.2, 0) is 9.59 Å². The fourth-order valence-corrected chi connectivity index (χ4v) is 3.88. The first-order chi connectivity index (χ1) is 14.4. The van der Waals surface area contributed by atoms with Crippen LogP contribution in [-0.4, -0.2) is 66.5 Å². The van der Waals surface area contributed by atoms with E-state index in [1.807, 2.05) is 32.0 Å². The lowest BCUT2D eigenvalue weighted by Gasteiger charge is -2.33. The number of aromatic nitrogens is 2. The molecule has 0 radical (unpaired) electrons. The van der Waals surface area contributed by atoms with Gasteiger partial charge in [-0.05, 0) is 44.2 Å². The summed E-state index contributed by atoms with van der Waals surface area (Å²) in [7, 11) is 2.10. The van der Waals surface area contributed by atoms with Crippen LogP contribution in [0.3, 0.4) is 0 Å². The van der Waals surface area contributed by atoms with E-state index in [0.29, 0.717) is 12.4 Å². The minimum Gasteiger partial charge on any atom is -0.354 e. The molecule has 3 heterocycles. The number of piperazine rings is 1. The molecular weight excluding hydrogens is 380 g/mol. The summed E-state index contributed by atoms with van der Waals surface area (Å²) in [4.78, 5) is 40.1. The standard InChI is InChI=1S/C22H28N6O2/c1-15-4-5-18(10-16(15)2)28-13-17(11-21(28)29)22(30)25-19-12-20(24-14-23-19)27-8-6-26(3)7-9-27/h4-5,10,12,14,17H,6-9,11,13H2,1-3H3,(H,23,24,25,30). The Morgan fingerprint density at radius 3 is 2.57 bits per heavy atom. The third-order valence-corrected chi connectivity index (χ3v) is 6.03. The van der Waals surface area contributed by atoms with Crippen molar-refractivity contribution in [3.8, 4) is 0 Å². The van der Waals surface area contributed by atoms with Gasteiger partial charge in [-0.2, -0.15) is 0 Å². The van der Waals surface area contributed by atoms with E-state index in [2.05, 4.69) is 32.1 Å². The van der Waals surface area contributed by atoms with E-state index in [-0.39, 0.29) is 18.2 Å². The van der Waals surface area contributed by atoms with Gasteiger partial charge < -0.3 is 20.0 Å². The average Bonchev–Trinajstić information content (AvgIpc) is 3.13. The molecule has 2 aromatic rings. The Balaban J connectivity index is 1.41. The number of hydrogen-bond donors (Lipinski definition) is 1. The van der Waals surface area contributed by atoms with Crippen LogP contribution in [0.4, 0.5) is 17.3 Å². The van der Waals surface area contributed by atoms with Crippen molar-refractivity contribution in [2.24, 2.45) is 5.92 Å². The largest absolute Gasteiger partial charge is 0.354 e. The third-order valence-electron chi connectivity index (χ3n) is 6.03. The van der Waals surface area contributed by atoms with E-state index in [4.69, 9.17) is 0 Å². The normalized spacial score (nSPS) is 20.0. The number of nitrogens with one attached hydrogen (secondary N) is 1. The maximum absolute atomic E-state index is 12.8.